The molecule has 1 amide bonds. The van der Waals surface area contributed by atoms with Gasteiger partial charge in [-0.15, -0.1) is 0 Å². The molecule has 0 aromatic heterocycles. The average Bonchev–Trinajstić information content (AvgIpc) is 2.62. The molecule has 0 saturated heterocycles. The fourth-order valence-electron chi connectivity index (χ4n) is 2.85. The summed E-state index contributed by atoms with van der Waals surface area (Å²) in [6, 6.07) is 20.0. The fourth-order valence-corrected chi connectivity index (χ4v) is 4.00. The highest BCUT2D eigenvalue weighted by Gasteiger charge is 2.21. The van der Waals surface area contributed by atoms with Crippen LogP contribution >= 0.6 is 0 Å². The number of carbonyl (C=O) groups is 1. The van der Waals surface area contributed by atoms with E-state index in [2.05, 4.69) is 5.32 Å². The normalized spacial score (nSPS) is 11.7. The quantitative estimate of drug-likeness (QED) is 0.748. The van der Waals surface area contributed by atoms with E-state index in [1.165, 1.54) is 23.4 Å². The molecule has 1 N–H and O–H groups in total. The van der Waals surface area contributed by atoms with Crippen molar-refractivity contribution in [2.45, 2.75) is 18.4 Å². The van der Waals surface area contributed by atoms with Crippen molar-refractivity contribution in [3.8, 4) is 0 Å². The van der Waals surface area contributed by atoms with Gasteiger partial charge in [-0.25, -0.2) is 8.42 Å². The van der Waals surface area contributed by atoms with Crippen LogP contribution in [-0.4, -0.2) is 25.7 Å². The molecule has 3 rings (SSSR count). The molecule has 0 aliphatic carbocycles. The third-order valence-corrected chi connectivity index (χ3v) is 5.97. The first-order chi connectivity index (χ1) is 12.4. The fraction of sp³-hybridized carbons (Fsp3) is 0.150. The zero-order chi connectivity index (χ0) is 18.7. The summed E-state index contributed by atoms with van der Waals surface area (Å²) in [5.41, 5.74) is 1.51. The van der Waals surface area contributed by atoms with Gasteiger partial charge in [-0.3, -0.25) is 4.79 Å². The third-order valence-electron chi connectivity index (χ3n) is 4.16. The Hall–Kier alpha value is -2.70. The zero-order valence-corrected chi connectivity index (χ0v) is 15.5. The number of amides is 1. The minimum atomic E-state index is -3.63. The predicted molar refractivity (Wildman–Crippen MR) is 103 cm³/mol. The molecule has 0 spiro atoms. The van der Waals surface area contributed by atoms with Gasteiger partial charge in [-0.05, 0) is 40.6 Å². The van der Waals surface area contributed by atoms with Gasteiger partial charge >= 0.3 is 0 Å². The Labute approximate surface area is 153 Å². The number of benzene rings is 3. The number of nitrogens with one attached hydrogen (secondary N) is 1. The molecule has 3 aromatic carbocycles. The summed E-state index contributed by atoms with van der Waals surface area (Å²) in [6.07, 6.45) is 0. The molecule has 0 bridgehead atoms. The molecule has 0 aliphatic heterocycles. The van der Waals surface area contributed by atoms with Crippen LogP contribution in [0, 0.1) is 0 Å². The monoisotopic (exact) mass is 368 g/mol. The molecule has 26 heavy (non-hydrogen) atoms. The molecule has 0 fully saturated rings. The van der Waals surface area contributed by atoms with Gasteiger partial charge in [-0.2, -0.15) is 4.31 Å². The maximum Gasteiger partial charge on any atom is 0.243 e. The summed E-state index contributed by atoms with van der Waals surface area (Å²) in [5, 5.41) is 4.74. The molecule has 0 atom stereocenters. The lowest BCUT2D eigenvalue weighted by Crippen LogP contribution is -2.26. The summed E-state index contributed by atoms with van der Waals surface area (Å²) in [6.45, 7) is 1.68. The Morgan fingerprint density at radius 2 is 1.62 bits per heavy atom. The van der Waals surface area contributed by atoms with Crippen LogP contribution in [0.15, 0.2) is 71.6 Å². The number of hydrogen-bond donors (Lipinski definition) is 1. The van der Waals surface area contributed by atoms with Gasteiger partial charge in [0.05, 0.1) is 4.90 Å². The second-order valence-electron chi connectivity index (χ2n) is 6.10. The van der Waals surface area contributed by atoms with E-state index in [9.17, 15) is 13.2 Å². The molecular weight excluding hydrogens is 348 g/mol. The van der Waals surface area contributed by atoms with Crippen LogP contribution in [0.3, 0.4) is 0 Å². The molecule has 3 aromatic rings. The Balaban J connectivity index is 1.86. The van der Waals surface area contributed by atoms with Gasteiger partial charge < -0.3 is 5.32 Å². The number of sulfonamides is 1. The number of rotatable bonds is 5. The summed E-state index contributed by atoms with van der Waals surface area (Å²) in [4.78, 5) is 11.3. The molecular formula is C20H20N2O3S. The highest BCUT2D eigenvalue weighted by atomic mass is 32.2. The molecule has 6 heteroatoms. The summed E-state index contributed by atoms with van der Waals surface area (Å²) in [7, 11) is -2.06. The van der Waals surface area contributed by atoms with Crippen LogP contribution in [0.25, 0.3) is 10.8 Å². The minimum absolute atomic E-state index is 0.189. The lowest BCUT2D eigenvalue weighted by molar-refractivity contribution is -0.114. The molecule has 134 valence electrons. The summed E-state index contributed by atoms with van der Waals surface area (Å²) < 4.78 is 27.0. The number of anilines is 1. The molecule has 5 nitrogen and oxygen atoms in total. The highest BCUT2D eigenvalue weighted by Crippen LogP contribution is 2.23. The van der Waals surface area contributed by atoms with Gasteiger partial charge in [0, 0.05) is 26.2 Å². The van der Waals surface area contributed by atoms with E-state index in [0.29, 0.717) is 5.69 Å². The second-order valence-corrected chi connectivity index (χ2v) is 8.15. The van der Waals surface area contributed by atoms with E-state index in [4.69, 9.17) is 0 Å². The SMILES string of the molecule is CC(=O)Nc1ccc(S(=O)(=O)N(C)Cc2cccc3ccccc23)cc1. The van der Waals surface area contributed by atoms with E-state index < -0.39 is 10.0 Å². The zero-order valence-electron chi connectivity index (χ0n) is 14.6. The van der Waals surface area contributed by atoms with Crippen LogP contribution < -0.4 is 5.32 Å². The number of carbonyl (C=O) groups excluding carboxylic acids is 1. The summed E-state index contributed by atoms with van der Waals surface area (Å²) in [5.74, 6) is -0.200. The number of fused-ring (bicyclic) bond motifs is 1. The summed E-state index contributed by atoms with van der Waals surface area (Å²) >= 11 is 0. The van der Waals surface area contributed by atoms with E-state index in [1.54, 1.807) is 19.2 Å². The van der Waals surface area contributed by atoms with Crippen molar-refractivity contribution in [3.05, 3.63) is 72.3 Å². The maximum atomic E-state index is 12.8. The van der Waals surface area contributed by atoms with Crippen LogP contribution in [0.2, 0.25) is 0 Å². The topological polar surface area (TPSA) is 66.5 Å². The predicted octanol–water partition coefficient (Wildman–Crippen LogP) is 3.62. The van der Waals surface area contributed by atoms with Crippen molar-refractivity contribution in [2.75, 3.05) is 12.4 Å². The average molecular weight is 368 g/mol. The molecule has 0 heterocycles. The van der Waals surface area contributed by atoms with Crippen molar-refractivity contribution < 1.29 is 13.2 Å². The lowest BCUT2D eigenvalue weighted by atomic mass is 10.0. The third kappa shape index (κ3) is 3.76. The largest absolute Gasteiger partial charge is 0.326 e. The highest BCUT2D eigenvalue weighted by molar-refractivity contribution is 7.89. The smallest absolute Gasteiger partial charge is 0.243 e. The number of hydrogen-bond acceptors (Lipinski definition) is 3. The van der Waals surface area contributed by atoms with E-state index in [1.807, 2.05) is 42.5 Å². The van der Waals surface area contributed by atoms with Crippen LogP contribution in [0.1, 0.15) is 12.5 Å². The maximum absolute atomic E-state index is 12.8. The van der Waals surface area contributed by atoms with Gasteiger partial charge in [0.25, 0.3) is 0 Å². The number of nitrogens with zero attached hydrogens (tertiary/aromatic N) is 1. The Morgan fingerprint density at radius 1 is 0.962 bits per heavy atom. The van der Waals surface area contributed by atoms with Crippen molar-refractivity contribution in [3.63, 3.8) is 0 Å². The standard InChI is InChI=1S/C20H20N2O3S/c1-15(23)21-18-10-12-19(13-11-18)26(24,25)22(2)14-17-8-5-7-16-6-3-4-9-20(16)17/h3-13H,14H2,1-2H3,(H,21,23). The van der Waals surface area contributed by atoms with Crippen LogP contribution in [-0.2, 0) is 21.4 Å². The van der Waals surface area contributed by atoms with Crippen molar-refractivity contribution in [1.29, 1.82) is 0 Å². The minimum Gasteiger partial charge on any atom is -0.326 e. The van der Waals surface area contributed by atoms with Crippen molar-refractivity contribution >= 4 is 32.4 Å². The van der Waals surface area contributed by atoms with Crippen LogP contribution in [0.5, 0.6) is 0 Å². The second kappa shape index (κ2) is 7.27. The lowest BCUT2D eigenvalue weighted by Gasteiger charge is -2.18. The van der Waals surface area contributed by atoms with Gasteiger partial charge in [0.15, 0.2) is 0 Å². The Kier molecular flexibility index (Phi) is 5.06. The first-order valence-corrected chi connectivity index (χ1v) is 9.62. The van der Waals surface area contributed by atoms with E-state index in [0.717, 1.165) is 16.3 Å². The van der Waals surface area contributed by atoms with Gasteiger partial charge in [0.2, 0.25) is 15.9 Å². The molecule has 0 saturated carbocycles. The Morgan fingerprint density at radius 3 is 2.31 bits per heavy atom. The van der Waals surface area contributed by atoms with Crippen molar-refractivity contribution in [1.82, 2.24) is 4.31 Å². The first-order valence-electron chi connectivity index (χ1n) is 8.18. The molecule has 0 aliphatic rings. The first kappa shape index (κ1) is 18.1. The van der Waals surface area contributed by atoms with Crippen LogP contribution in [0.4, 0.5) is 5.69 Å². The van der Waals surface area contributed by atoms with Gasteiger partial charge in [0.1, 0.15) is 0 Å². The van der Waals surface area contributed by atoms with E-state index >= 15 is 0 Å². The van der Waals surface area contributed by atoms with Crippen molar-refractivity contribution in [2.24, 2.45) is 0 Å². The van der Waals surface area contributed by atoms with Gasteiger partial charge in [-0.1, -0.05) is 42.5 Å². The van der Waals surface area contributed by atoms with E-state index in [-0.39, 0.29) is 17.3 Å². The molecule has 0 unspecified atom stereocenters. The molecule has 0 radical (unpaired) electrons. The Bertz CT molecular complexity index is 1040.